The van der Waals surface area contributed by atoms with E-state index in [0.29, 0.717) is 12.4 Å². The van der Waals surface area contributed by atoms with Crippen molar-refractivity contribution in [2.45, 2.75) is 20.8 Å². The number of likely N-dealkylation sites (N-methyl/N-ethyl adjacent to an activating group) is 1. The Bertz CT molecular complexity index is 743. The molecule has 0 amide bonds. The van der Waals surface area contributed by atoms with E-state index in [4.69, 9.17) is 10.00 Å². The molecule has 0 saturated carbocycles. The van der Waals surface area contributed by atoms with Gasteiger partial charge < -0.3 is 15.0 Å². The first-order valence-electron chi connectivity index (χ1n) is 8.02. The first-order valence-corrected chi connectivity index (χ1v) is 8.02. The van der Waals surface area contributed by atoms with Crippen molar-refractivity contribution in [2.75, 3.05) is 39.1 Å². The number of nitriles is 1. The molecule has 0 aliphatic rings. The fraction of sp³-hybridized carbons (Fsp3) is 0.500. The second kappa shape index (κ2) is 7.45. The Labute approximate surface area is 143 Å². The molecule has 24 heavy (non-hydrogen) atoms. The van der Waals surface area contributed by atoms with Crippen molar-refractivity contribution in [3.63, 3.8) is 0 Å². The van der Waals surface area contributed by atoms with E-state index in [2.05, 4.69) is 41.0 Å². The molecule has 6 nitrogen and oxygen atoms in total. The quantitative estimate of drug-likeness (QED) is 0.879. The van der Waals surface area contributed by atoms with Gasteiger partial charge in [0.1, 0.15) is 24.2 Å². The van der Waals surface area contributed by atoms with Crippen molar-refractivity contribution in [3.05, 3.63) is 24.0 Å². The lowest BCUT2D eigenvalue weighted by Crippen LogP contribution is -2.20. The average molecular weight is 327 g/mol. The van der Waals surface area contributed by atoms with Gasteiger partial charge in [-0.3, -0.25) is 0 Å². The summed E-state index contributed by atoms with van der Waals surface area (Å²) in [5.74, 6) is 1.61. The van der Waals surface area contributed by atoms with Crippen LogP contribution in [-0.4, -0.2) is 48.7 Å². The van der Waals surface area contributed by atoms with Crippen LogP contribution >= 0.6 is 0 Å². The van der Waals surface area contributed by atoms with Gasteiger partial charge in [0.15, 0.2) is 0 Å². The number of hydrogen-bond acceptors (Lipinski definition) is 6. The van der Waals surface area contributed by atoms with E-state index in [0.717, 1.165) is 29.7 Å². The summed E-state index contributed by atoms with van der Waals surface area (Å²) in [5.41, 5.74) is 0.835. The molecule has 0 radical (unpaired) electrons. The molecular formula is C18H25N5O. The van der Waals surface area contributed by atoms with Crippen molar-refractivity contribution >= 4 is 16.7 Å². The average Bonchev–Trinajstić information content (AvgIpc) is 2.51. The zero-order valence-corrected chi connectivity index (χ0v) is 15.1. The van der Waals surface area contributed by atoms with Crippen LogP contribution in [0.2, 0.25) is 0 Å². The van der Waals surface area contributed by atoms with Gasteiger partial charge in [-0.2, -0.15) is 5.26 Å². The molecule has 0 aliphatic carbocycles. The van der Waals surface area contributed by atoms with Crippen LogP contribution in [0.4, 0.5) is 5.82 Å². The number of nitrogens with zero attached hydrogens (tertiary/aromatic N) is 4. The molecule has 2 aromatic rings. The third-order valence-corrected chi connectivity index (χ3v) is 3.36. The highest BCUT2D eigenvalue weighted by molar-refractivity contribution is 5.90. The molecule has 0 aliphatic heterocycles. The summed E-state index contributed by atoms with van der Waals surface area (Å²) in [4.78, 5) is 10.7. The topological polar surface area (TPSA) is 74.1 Å². The van der Waals surface area contributed by atoms with Crippen molar-refractivity contribution in [1.29, 1.82) is 5.26 Å². The first-order chi connectivity index (χ1) is 11.3. The Morgan fingerprint density at radius 3 is 2.62 bits per heavy atom. The highest BCUT2D eigenvalue weighted by Gasteiger charge is 2.13. The number of hydrogen-bond donors (Lipinski definition) is 1. The minimum Gasteiger partial charge on any atom is -0.492 e. The van der Waals surface area contributed by atoms with E-state index in [1.54, 1.807) is 0 Å². The molecule has 0 atom stereocenters. The van der Waals surface area contributed by atoms with Gasteiger partial charge >= 0.3 is 0 Å². The SMILES string of the molecule is CN(C)CCOc1ccc2nc(C#N)nc(NCC(C)(C)C)c2c1. The van der Waals surface area contributed by atoms with Crippen LogP contribution in [0.15, 0.2) is 18.2 Å². The van der Waals surface area contributed by atoms with Gasteiger partial charge in [-0.15, -0.1) is 0 Å². The van der Waals surface area contributed by atoms with Gasteiger partial charge in [0.2, 0.25) is 5.82 Å². The van der Waals surface area contributed by atoms with Crippen molar-refractivity contribution in [1.82, 2.24) is 14.9 Å². The third-order valence-electron chi connectivity index (χ3n) is 3.36. The summed E-state index contributed by atoms with van der Waals surface area (Å²) in [6.07, 6.45) is 0. The monoisotopic (exact) mass is 327 g/mol. The molecule has 0 fully saturated rings. The number of rotatable bonds is 6. The summed E-state index contributed by atoms with van der Waals surface area (Å²) >= 11 is 0. The number of ether oxygens (including phenoxy) is 1. The zero-order valence-electron chi connectivity index (χ0n) is 15.1. The van der Waals surface area contributed by atoms with Crippen LogP contribution < -0.4 is 10.1 Å². The van der Waals surface area contributed by atoms with Crippen LogP contribution in [0, 0.1) is 16.7 Å². The molecule has 1 aromatic carbocycles. The Balaban J connectivity index is 2.32. The van der Waals surface area contributed by atoms with E-state index in [-0.39, 0.29) is 11.2 Å². The minimum absolute atomic E-state index is 0.101. The van der Waals surface area contributed by atoms with Gasteiger partial charge in [0.05, 0.1) is 5.52 Å². The lowest BCUT2D eigenvalue weighted by Gasteiger charge is -2.20. The smallest absolute Gasteiger partial charge is 0.234 e. The molecule has 2 rings (SSSR count). The fourth-order valence-corrected chi connectivity index (χ4v) is 2.08. The maximum absolute atomic E-state index is 9.14. The van der Waals surface area contributed by atoms with Crippen LogP contribution in [0.25, 0.3) is 10.9 Å². The second-order valence-electron chi connectivity index (χ2n) is 7.25. The molecule has 1 aromatic heterocycles. The zero-order chi connectivity index (χ0) is 17.7. The molecular weight excluding hydrogens is 302 g/mol. The summed E-state index contributed by atoms with van der Waals surface area (Å²) in [5, 5.41) is 13.3. The molecule has 128 valence electrons. The number of aromatic nitrogens is 2. The lowest BCUT2D eigenvalue weighted by atomic mass is 9.97. The fourth-order valence-electron chi connectivity index (χ4n) is 2.08. The Morgan fingerprint density at radius 2 is 2.00 bits per heavy atom. The standard InChI is InChI=1S/C18H25N5O/c1-18(2,3)12-20-17-14-10-13(24-9-8-23(4)5)6-7-15(14)21-16(11-19)22-17/h6-7,10H,8-9,12H2,1-5H3,(H,20,21,22). The minimum atomic E-state index is 0.101. The number of benzene rings is 1. The molecule has 0 unspecified atom stereocenters. The van der Waals surface area contributed by atoms with E-state index in [9.17, 15) is 0 Å². The highest BCUT2D eigenvalue weighted by Crippen LogP contribution is 2.26. The normalized spacial score (nSPS) is 11.5. The highest BCUT2D eigenvalue weighted by atomic mass is 16.5. The number of anilines is 1. The molecule has 1 N–H and O–H groups in total. The maximum Gasteiger partial charge on any atom is 0.234 e. The van der Waals surface area contributed by atoms with Crippen molar-refractivity contribution < 1.29 is 4.74 Å². The predicted molar refractivity (Wildman–Crippen MR) is 96.2 cm³/mol. The molecule has 1 heterocycles. The number of fused-ring (bicyclic) bond motifs is 1. The van der Waals surface area contributed by atoms with Crippen LogP contribution in [0.1, 0.15) is 26.6 Å². The summed E-state index contributed by atoms with van der Waals surface area (Å²) in [6, 6.07) is 7.69. The van der Waals surface area contributed by atoms with Crippen molar-refractivity contribution in [2.24, 2.45) is 5.41 Å². The maximum atomic E-state index is 9.14. The summed E-state index contributed by atoms with van der Waals surface area (Å²) in [6.45, 7) is 8.63. The number of nitrogens with one attached hydrogen (secondary N) is 1. The van der Waals surface area contributed by atoms with Gasteiger partial charge in [-0.05, 0) is 37.7 Å². The largest absolute Gasteiger partial charge is 0.492 e. The molecule has 0 spiro atoms. The molecule has 6 heteroatoms. The van der Waals surface area contributed by atoms with E-state index < -0.39 is 0 Å². The Kier molecular flexibility index (Phi) is 5.58. The predicted octanol–water partition coefficient (Wildman–Crippen LogP) is 2.90. The van der Waals surface area contributed by atoms with Gasteiger partial charge in [-0.25, -0.2) is 9.97 Å². The van der Waals surface area contributed by atoms with Crippen molar-refractivity contribution in [3.8, 4) is 11.8 Å². The second-order valence-corrected chi connectivity index (χ2v) is 7.25. The van der Waals surface area contributed by atoms with Crippen LogP contribution in [-0.2, 0) is 0 Å². The summed E-state index contributed by atoms with van der Waals surface area (Å²) < 4.78 is 5.79. The third kappa shape index (κ3) is 5.07. The summed E-state index contributed by atoms with van der Waals surface area (Å²) in [7, 11) is 4.02. The van der Waals surface area contributed by atoms with Gasteiger partial charge in [0, 0.05) is 18.5 Å². The van der Waals surface area contributed by atoms with Gasteiger partial charge in [-0.1, -0.05) is 20.8 Å². The van der Waals surface area contributed by atoms with E-state index >= 15 is 0 Å². The lowest BCUT2D eigenvalue weighted by molar-refractivity contribution is 0.261. The van der Waals surface area contributed by atoms with E-state index in [1.165, 1.54) is 0 Å². The molecule has 0 bridgehead atoms. The Morgan fingerprint density at radius 1 is 1.25 bits per heavy atom. The van der Waals surface area contributed by atoms with Gasteiger partial charge in [0.25, 0.3) is 0 Å². The first kappa shape index (κ1) is 18.0. The van der Waals surface area contributed by atoms with E-state index in [1.807, 2.05) is 38.4 Å². The molecule has 0 saturated heterocycles. The Hall–Kier alpha value is -2.39. The van der Waals surface area contributed by atoms with Crippen LogP contribution in [0.3, 0.4) is 0 Å². The van der Waals surface area contributed by atoms with Crippen LogP contribution in [0.5, 0.6) is 5.75 Å².